The minimum absolute atomic E-state index is 0.0730. The molecule has 1 aromatic heterocycles. The SMILES string of the molecule is CC(C)(C)OC(=O)NC12CC(COc3cc(Br)ccn3)(C1)C2. The summed E-state index contributed by atoms with van der Waals surface area (Å²) >= 11 is 3.40. The molecule has 1 amide bonds. The normalized spacial score (nSPS) is 29.1. The van der Waals surface area contributed by atoms with E-state index in [9.17, 15) is 4.79 Å². The van der Waals surface area contributed by atoms with Gasteiger partial charge in [-0.05, 0) is 46.1 Å². The van der Waals surface area contributed by atoms with Crippen molar-refractivity contribution in [2.45, 2.75) is 51.2 Å². The average molecular weight is 369 g/mol. The maximum Gasteiger partial charge on any atom is 0.408 e. The van der Waals surface area contributed by atoms with Crippen LogP contribution in [0, 0.1) is 5.41 Å². The fourth-order valence-electron chi connectivity index (χ4n) is 3.50. The molecule has 120 valence electrons. The number of rotatable bonds is 4. The fourth-order valence-corrected chi connectivity index (χ4v) is 3.81. The third-order valence-electron chi connectivity index (χ3n) is 4.13. The lowest BCUT2D eigenvalue weighted by molar-refractivity contribution is -0.171. The largest absolute Gasteiger partial charge is 0.477 e. The van der Waals surface area contributed by atoms with Crippen LogP contribution in [-0.4, -0.2) is 28.8 Å². The zero-order chi connectivity index (χ0) is 16.0. The van der Waals surface area contributed by atoms with E-state index >= 15 is 0 Å². The van der Waals surface area contributed by atoms with Crippen LogP contribution in [0.1, 0.15) is 40.0 Å². The number of alkyl carbamates (subject to hydrolysis) is 1. The molecule has 2 bridgehead atoms. The molecule has 1 N–H and O–H groups in total. The molecule has 3 saturated carbocycles. The summed E-state index contributed by atoms with van der Waals surface area (Å²) in [7, 11) is 0. The fraction of sp³-hybridized carbons (Fsp3) is 0.625. The molecule has 0 unspecified atom stereocenters. The molecule has 22 heavy (non-hydrogen) atoms. The van der Waals surface area contributed by atoms with Crippen molar-refractivity contribution in [1.82, 2.24) is 10.3 Å². The zero-order valence-corrected chi connectivity index (χ0v) is 14.7. The number of aromatic nitrogens is 1. The van der Waals surface area contributed by atoms with E-state index in [-0.39, 0.29) is 17.0 Å². The number of hydrogen-bond donors (Lipinski definition) is 1. The van der Waals surface area contributed by atoms with Crippen molar-refractivity contribution in [2.24, 2.45) is 5.41 Å². The highest BCUT2D eigenvalue weighted by Gasteiger charge is 2.69. The highest BCUT2D eigenvalue weighted by Crippen LogP contribution is 2.67. The Labute approximate surface area is 138 Å². The molecule has 0 atom stereocenters. The van der Waals surface area contributed by atoms with Crippen molar-refractivity contribution in [3.8, 4) is 5.88 Å². The Hall–Kier alpha value is -1.30. The minimum Gasteiger partial charge on any atom is -0.477 e. The smallest absolute Gasteiger partial charge is 0.408 e. The third kappa shape index (κ3) is 3.21. The van der Waals surface area contributed by atoms with Gasteiger partial charge in [0.1, 0.15) is 5.60 Å². The zero-order valence-electron chi connectivity index (χ0n) is 13.1. The number of hydrogen-bond acceptors (Lipinski definition) is 4. The first-order valence-corrected chi connectivity index (χ1v) is 8.24. The Morgan fingerprint density at radius 3 is 2.68 bits per heavy atom. The molecule has 5 nitrogen and oxygen atoms in total. The van der Waals surface area contributed by atoms with Crippen molar-refractivity contribution in [2.75, 3.05) is 6.61 Å². The van der Waals surface area contributed by atoms with Crippen molar-refractivity contribution in [1.29, 1.82) is 0 Å². The van der Waals surface area contributed by atoms with Crippen molar-refractivity contribution in [3.05, 3.63) is 22.8 Å². The highest BCUT2D eigenvalue weighted by molar-refractivity contribution is 9.10. The second-order valence-corrected chi connectivity index (χ2v) is 8.45. The quantitative estimate of drug-likeness (QED) is 0.880. The maximum atomic E-state index is 11.8. The van der Waals surface area contributed by atoms with Crippen LogP contribution in [0.2, 0.25) is 0 Å². The Kier molecular flexibility index (Phi) is 3.62. The van der Waals surface area contributed by atoms with Gasteiger partial charge in [0.2, 0.25) is 5.88 Å². The van der Waals surface area contributed by atoms with E-state index in [1.807, 2.05) is 32.9 Å². The predicted molar refractivity (Wildman–Crippen MR) is 85.8 cm³/mol. The molecule has 0 spiro atoms. The van der Waals surface area contributed by atoms with Crippen molar-refractivity contribution < 1.29 is 14.3 Å². The maximum absolute atomic E-state index is 11.8. The third-order valence-corrected chi connectivity index (χ3v) is 4.62. The van der Waals surface area contributed by atoms with Gasteiger partial charge in [-0.3, -0.25) is 0 Å². The Bertz CT molecular complexity index is 578. The molecular weight excluding hydrogens is 348 g/mol. The summed E-state index contributed by atoms with van der Waals surface area (Å²) in [5, 5.41) is 3.01. The number of carbonyl (C=O) groups is 1. The van der Waals surface area contributed by atoms with Gasteiger partial charge >= 0.3 is 6.09 Å². The number of nitrogens with zero attached hydrogens (tertiary/aromatic N) is 1. The number of amides is 1. The molecule has 0 aromatic carbocycles. The molecule has 1 aromatic rings. The number of halogens is 1. The summed E-state index contributed by atoms with van der Waals surface area (Å²) in [5.74, 6) is 0.633. The van der Waals surface area contributed by atoms with E-state index in [0.29, 0.717) is 12.5 Å². The van der Waals surface area contributed by atoms with Crippen molar-refractivity contribution in [3.63, 3.8) is 0 Å². The monoisotopic (exact) mass is 368 g/mol. The van der Waals surface area contributed by atoms with E-state index in [2.05, 4.69) is 26.2 Å². The second kappa shape index (κ2) is 5.11. The first-order chi connectivity index (χ1) is 10.2. The van der Waals surface area contributed by atoms with Crippen LogP contribution in [0.5, 0.6) is 5.88 Å². The lowest BCUT2D eigenvalue weighted by atomic mass is 9.39. The summed E-state index contributed by atoms with van der Waals surface area (Å²) in [4.78, 5) is 16.0. The lowest BCUT2D eigenvalue weighted by Crippen LogP contribution is -2.76. The van der Waals surface area contributed by atoms with Crippen LogP contribution in [-0.2, 0) is 4.74 Å². The lowest BCUT2D eigenvalue weighted by Gasteiger charge is -2.69. The second-order valence-electron chi connectivity index (χ2n) is 7.54. The van der Waals surface area contributed by atoms with Gasteiger partial charge in [-0.1, -0.05) is 15.9 Å². The molecule has 0 saturated heterocycles. The molecule has 4 rings (SSSR count). The van der Waals surface area contributed by atoms with Gasteiger partial charge < -0.3 is 14.8 Å². The van der Waals surface area contributed by atoms with Gasteiger partial charge in [-0.15, -0.1) is 0 Å². The Morgan fingerprint density at radius 2 is 2.09 bits per heavy atom. The molecule has 6 heteroatoms. The van der Waals surface area contributed by atoms with Gasteiger partial charge in [-0.25, -0.2) is 9.78 Å². The van der Waals surface area contributed by atoms with Gasteiger partial charge in [-0.2, -0.15) is 0 Å². The molecular formula is C16H21BrN2O3. The van der Waals surface area contributed by atoms with E-state index < -0.39 is 5.60 Å². The van der Waals surface area contributed by atoms with E-state index in [0.717, 1.165) is 23.7 Å². The van der Waals surface area contributed by atoms with Crippen LogP contribution < -0.4 is 10.1 Å². The molecule has 3 aliphatic rings. The van der Waals surface area contributed by atoms with Crippen LogP contribution in [0.4, 0.5) is 4.79 Å². The Morgan fingerprint density at radius 1 is 1.41 bits per heavy atom. The average Bonchev–Trinajstić information content (AvgIpc) is 2.28. The van der Waals surface area contributed by atoms with Crippen LogP contribution in [0.3, 0.4) is 0 Å². The number of carbonyl (C=O) groups excluding carboxylic acids is 1. The molecule has 0 radical (unpaired) electrons. The topological polar surface area (TPSA) is 60.5 Å². The van der Waals surface area contributed by atoms with Gasteiger partial charge in [0.25, 0.3) is 0 Å². The van der Waals surface area contributed by atoms with Gasteiger partial charge in [0.05, 0.1) is 6.61 Å². The number of ether oxygens (including phenoxy) is 2. The summed E-state index contributed by atoms with van der Waals surface area (Å²) in [5.41, 5.74) is -0.337. The number of nitrogens with one attached hydrogen (secondary N) is 1. The van der Waals surface area contributed by atoms with E-state index in [4.69, 9.17) is 9.47 Å². The summed E-state index contributed by atoms with van der Waals surface area (Å²) in [6.07, 6.45) is 4.25. The molecule has 3 fully saturated rings. The summed E-state index contributed by atoms with van der Waals surface area (Å²) < 4.78 is 12.0. The summed E-state index contributed by atoms with van der Waals surface area (Å²) in [6, 6.07) is 3.73. The van der Waals surface area contributed by atoms with Crippen LogP contribution in [0.15, 0.2) is 22.8 Å². The molecule has 1 heterocycles. The summed E-state index contributed by atoms with van der Waals surface area (Å²) in [6.45, 7) is 6.26. The first kappa shape index (κ1) is 15.6. The minimum atomic E-state index is -0.458. The molecule has 3 aliphatic carbocycles. The van der Waals surface area contributed by atoms with E-state index in [1.165, 1.54) is 0 Å². The number of pyridine rings is 1. The van der Waals surface area contributed by atoms with Crippen LogP contribution >= 0.6 is 15.9 Å². The standard InChI is InChI=1S/C16H21BrN2O3/c1-14(2,3)22-13(20)19-16-7-15(8-16,9-16)10-21-12-6-11(17)4-5-18-12/h4-6H,7-10H2,1-3H3,(H,19,20). The predicted octanol–water partition coefficient (Wildman–Crippen LogP) is 3.67. The van der Waals surface area contributed by atoms with Gasteiger partial charge in [0.15, 0.2) is 0 Å². The van der Waals surface area contributed by atoms with Crippen molar-refractivity contribution >= 4 is 22.0 Å². The molecule has 0 aliphatic heterocycles. The first-order valence-electron chi connectivity index (χ1n) is 7.45. The Balaban J connectivity index is 1.45. The van der Waals surface area contributed by atoms with Gasteiger partial charge in [0, 0.05) is 27.7 Å². The van der Waals surface area contributed by atoms with E-state index in [1.54, 1.807) is 6.20 Å². The highest BCUT2D eigenvalue weighted by atomic mass is 79.9. The van der Waals surface area contributed by atoms with Crippen LogP contribution in [0.25, 0.3) is 0 Å².